The smallest absolute Gasteiger partial charge is 0.285 e. The lowest BCUT2D eigenvalue weighted by atomic mass is 10.2. The Morgan fingerprint density at radius 2 is 1.81 bits per heavy atom. The van der Waals surface area contributed by atoms with Crippen LogP contribution in [0.25, 0.3) is 22.8 Å². The fraction of sp³-hybridized carbons (Fsp3) is 0.304. The number of hydrogen-bond acceptors (Lipinski definition) is 5. The number of aromatic amines is 1. The number of hydrogen-bond donors (Lipinski definition) is 1. The molecule has 9 heteroatoms. The predicted octanol–water partition coefficient (Wildman–Crippen LogP) is 3.59. The third-order valence-electron chi connectivity index (χ3n) is 5.72. The van der Waals surface area contributed by atoms with E-state index in [4.69, 9.17) is 21.1 Å². The van der Waals surface area contributed by atoms with Gasteiger partial charge in [0.1, 0.15) is 12.3 Å². The van der Waals surface area contributed by atoms with E-state index < -0.39 is 0 Å². The normalized spacial score (nSPS) is 14.3. The molecule has 2 aromatic rings. The van der Waals surface area contributed by atoms with Gasteiger partial charge in [0.25, 0.3) is 5.56 Å². The van der Waals surface area contributed by atoms with Gasteiger partial charge in [0.15, 0.2) is 17.2 Å². The molecule has 1 N–H and O–H groups in total. The Hall–Kier alpha value is -3.23. The molecule has 0 unspecified atom stereocenters. The first kappa shape index (κ1) is 20.7. The number of methoxy groups -OCH3 is 1. The Labute approximate surface area is 190 Å². The number of nitrogens with zero attached hydrogens (tertiary/aromatic N) is 4. The fourth-order valence-electron chi connectivity index (χ4n) is 4.01. The van der Waals surface area contributed by atoms with Crippen molar-refractivity contribution in [2.75, 3.05) is 33.4 Å². The highest BCUT2D eigenvalue weighted by Gasteiger charge is 2.20. The van der Waals surface area contributed by atoms with Crippen molar-refractivity contribution in [1.82, 2.24) is 24.5 Å². The van der Waals surface area contributed by atoms with E-state index in [1.807, 2.05) is 24.3 Å². The van der Waals surface area contributed by atoms with Gasteiger partial charge in [0.05, 0.1) is 18.5 Å². The van der Waals surface area contributed by atoms with E-state index in [1.54, 1.807) is 40.9 Å². The third-order valence-corrected chi connectivity index (χ3v) is 5.97. The lowest BCUT2D eigenvalue weighted by molar-refractivity contribution is 0.230. The van der Waals surface area contributed by atoms with Crippen molar-refractivity contribution in [2.45, 2.75) is 12.8 Å². The molecule has 0 radical (unpaired) electrons. The van der Waals surface area contributed by atoms with Gasteiger partial charge < -0.3 is 9.47 Å². The van der Waals surface area contributed by atoms with Gasteiger partial charge >= 0.3 is 0 Å². The molecule has 1 saturated heterocycles. The number of benzene rings is 2. The van der Waals surface area contributed by atoms with Crippen LogP contribution in [0.3, 0.4) is 0 Å². The first-order valence-corrected chi connectivity index (χ1v) is 11.0. The van der Waals surface area contributed by atoms with Crippen LogP contribution in [0.1, 0.15) is 12.8 Å². The van der Waals surface area contributed by atoms with Gasteiger partial charge in [-0.1, -0.05) is 11.6 Å². The van der Waals surface area contributed by atoms with Crippen LogP contribution in [0, 0.1) is 0 Å². The predicted molar refractivity (Wildman–Crippen MR) is 123 cm³/mol. The number of ether oxygens (including phenoxy) is 2. The van der Waals surface area contributed by atoms with Crippen molar-refractivity contribution in [3.8, 4) is 34.3 Å². The molecule has 0 saturated carbocycles. The molecule has 32 heavy (non-hydrogen) atoms. The van der Waals surface area contributed by atoms with E-state index in [0.29, 0.717) is 40.2 Å². The first-order chi connectivity index (χ1) is 15.6. The highest BCUT2D eigenvalue weighted by molar-refractivity contribution is 6.30. The Kier molecular flexibility index (Phi) is 5.63. The minimum absolute atomic E-state index is 0.214. The second-order valence-corrected chi connectivity index (χ2v) is 8.24. The number of nitrogens with one attached hydrogen (secondary N) is 1. The Morgan fingerprint density at radius 1 is 1.06 bits per heavy atom. The van der Waals surface area contributed by atoms with Gasteiger partial charge in [0.2, 0.25) is 0 Å². The van der Waals surface area contributed by atoms with E-state index in [0.717, 1.165) is 25.3 Å². The molecule has 5 rings (SSSR count). The number of halogens is 1. The summed E-state index contributed by atoms with van der Waals surface area (Å²) in [5.41, 5.74) is 2.24. The minimum Gasteiger partial charge on any atom is -0.493 e. The molecule has 3 aliphatic heterocycles. The fourth-order valence-corrected chi connectivity index (χ4v) is 4.13. The molecule has 0 amide bonds. The van der Waals surface area contributed by atoms with Crippen LogP contribution < -0.4 is 15.0 Å². The van der Waals surface area contributed by atoms with Crippen molar-refractivity contribution >= 4 is 11.6 Å². The highest BCUT2D eigenvalue weighted by Crippen LogP contribution is 2.30. The third kappa shape index (κ3) is 3.99. The zero-order valence-corrected chi connectivity index (χ0v) is 18.5. The number of aromatic nitrogens is 4. The van der Waals surface area contributed by atoms with Crippen LogP contribution in [0.5, 0.6) is 11.5 Å². The average Bonchev–Trinajstić information content (AvgIpc) is 3.53. The van der Waals surface area contributed by atoms with Crippen molar-refractivity contribution < 1.29 is 9.47 Å². The SMILES string of the molecule is COc1cc(-n2cc3[nH]n(-c4ccc(Cl)cc4)nc-3c2=O)ccc1OCCN1CCCC1. The van der Waals surface area contributed by atoms with E-state index in [-0.39, 0.29) is 5.56 Å². The molecule has 0 bridgehead atoms. The number of rotatable bonds is 7. The lowest BCUT2D eigenvalue weighted by Gasteiger charge is -2.16. The van der Waals surface area contributed by atoms with Gasteiger partial charge in [-0.05, 0) is 62.3 Å². The lowest BCUT2D eigenvalue weighted by Crippen LogP contribution is -2.25. The maximum absolute atomic E-state index is 13.0. The Morgan fingerprint density at radius 3 is 2.53 bits per heavy atom. The van der Waals surface area contributed by atoms with Crippen LogP contribution in [-0.2, 0) is 0 Å². The van der Waals surface area contributed by atoms with Crippen LogP contribution in [0.4, 0.5) is 0 Å². The maximum atomic E-state index is 13.0. The molecule has 8 nitrogen and oxygen atoms in total. The molecule has 0 atom stereocenters. The van der Waals surface area contributed by atoms with Gasteiger partial charge in [0, 0.05) is 23.8 Å². The topological polar surface area (TPSA) is 77.3 Å². The molecule has 1 fully saturated rings. The molecular weight excluding hydrogens is 430 g/mol. The summed E-state index contributed by atoms with van der Waals surface area (Å²) < 4.78 is 13.0. The van der Waals surface area contributed by atoms with Crippen LogP contribution >= 0.6 is 11.6 Å². The Bertz CT molecular complexity index is 1240. The van der Waals surface area contributed by atoms with Crippen LogP contribution in [0.15, 0.2) is 53.5 Å². The highest BCUT2D eigenvalue weighted by atomic mass is 35.5. The van der Waals surface area contributed by atoms with Crippen molar-refractivity contribution in [2.24, 2.45) is 0 Å². The summed E-state index contributed by atoms with van der Waals surface area (Å²) in [5, 5.41) is 8.20. The monoisotopic (exact) mass is 453 g/mol. The van der Waals surface area contributed by atoms with Gasteiger partial charge in [-0.2, -0.15) is 4.80 Å². The molecule has 2 aromatic carbocycles. The molecule has 3 heterocycles. The number of likely N-dealkylation sites (tertiary alicyclic amines) is 1. The maximum Gasteiger partial charge on any atom is 0.285 e. The standard InChI is InChI=1S/C23H24ClN5O3/c1-31-21-14-18(8-9-20(21)32-13-12-27-10-2-3-11-27)28-15-19-22(23(28)30)26-29(25-19)17-6-4-16(24)5-7-17/h4-9,14-15,25H,2-3,10-13H2,1H3. The summed E-state index contributed by atoms with van der Waals surface area (Å²) in [4.78, 5) is 17.0. The second kappa shape index (κ2) is 8.72. The summed E-state index contributed by atoms with van der Waals surface area (Å²) in [6, 6.07) is 12.7. The molecule has 0 aromatic heterocycles. The summed E-state index contributed by atoms with van der Waals surface area (Å²) in [6.07, 6.45) is 4.25. The summed E-state index contributed by atoms with van der Waals surface area (Å²) in [5.74, 6) is 1.25. The van der Waals surface area contributed by atoms with Crippen molar-refractivity contribution in [3.63, 3.8) is 0 Å². The largest absolute Gasteiger partial charge is 0.493 e. The van der Waals surface area contributed by atoms with E-state index >= 15 is 0 Å². The molecule has 0 aliphatic carbocycles. The molecule has 3 aliphatic rings. The average molecular weight is 454 g/mol. The van der Waals surface area contributed by atoms with E-state index in [9.17, 15) is 4.79 Å². The van der Waals surface area contributed by atoms with E-state index in [2.05, 4.69) is 15.1 Å². The van der Waals surface area contributed by atoms with Gasteiger partial charge in [-0.15, -0.1) is 5.10 Å². The molecule has 166 valence electrons. The van der Waals surface area contributed by atoms with Crippen LogP contribution in [0.2, 0.25) is 5.02 Å². The van der Waals surface area contributed by atoms with Gasteiger partial charge in [-0.3, -0.25) is 19.4 Å². The summed E-state index contributed by atoms with van der Waals surface area (Å²) in [6.45, 7) is 3.78. The summed E-state index contributed by atoms with van der Waals surface area (Å²) >= 11 is 5.95. The zero-order valence-electron chi connectivity index (χ0n) is 17.8. The molecular formula is C23H24ClN5O3. The number of H-pyrrole nitrogens is 1. The number of fused-ring (bicyclic) bond motifs is 1. The minimum atomic E-state index is -0.214. The van der Waals surface area contributed by atoms with E-state index in [1.165, 1.54) is 12.8 Å². The first-order valence-electron chi connectivity index (χ1n) is 10.6. The van der Waals surface area contributed by atoms with Crippen molar-refractivity contribution in [3.05, 3.63) is 64.0 Å². The second-order valence-electron chi connectivity index (χ2n) is 7.80. The van der Waals surface area contributed by atoms with Gasteiger partial charge in [-0.25, -0.2) is 0 Å². The zero-order chi connectivity index (χ0) is 22.1. The summed E-state index contributed by atoms with van der Waals surface area (Å²) in [7, 11) is 1.60. The Balaban J connectivity index is 1.37. The quantitative estimate of drug-likeness (QED) is 0.462. The van der Waals surface area contributed by atoms with Crippen molar-refractivity contribution in [1.29, 1.82) is 0 Å². The molecule has 0 spiro atoms. The van der Waals surface area contributed by atoms with Crippen LogP contribution in [-0.4, -0.2) is 57.8 Å².